The minimum absolute atomic E-state index is 0.0354. The Labute approximate surface area is 153 Å². The van der Waals surface area contributed by atoms with Crippen LogP contribution >= 0.6 is 0 Å². The molecule has 1 aliphatic carbocycles. The van der Waals surface area contributed by atoms with Crippen LogP contribution in [-0.4, -0.2) is 62.7 Å². The Balaban J connectivity index is 1.41. The number of carbonyl (C=O) groups is 2. The van der Waals surface area contributed by atoms with Crippen LogP contribution in [0.15, 0.2) is 24.3 Å². The fourth-order valence-electron chi connectivity index (χ4n) is 3.26. The number of hydrogen-bond acceptors (Lipinski definition) is 4. The molecule has 1 heterocycles. The van der Waals surface area contributed by atoms with Gasteiger partial charge in [-0.1, -0.05) is 12.1 Å². The number of benzene rings is 1. The molecule has 1 aromatic carbocycles. The molecule has 2 amide bonds. The number of hydrogen-bond donors (Lipinski definition) is 2. The highest BCUT2D eigenvalue weighted by atomic mass is 19.1. The van der Waals surface area contributed by atoms with Crippen LogP contribution in [0.5, 0.6) is 0 Å². The maximum atomic E-state index is 13.1. The Hall–Kier alpha value is -1.99. The van der Waals surface area contributed by atoms with E-state index in [9.17, 15) is 14.0 Å². The highest BCUT2D eigenvalue weighted by Gasteiger charge is 2.37. The first-order valence-electron chi connectivity index (χ1n) is 9.23. The van der Waals surface area contributed by atoms with E-state index in [2.05, 4.69) is 15.5 Å². The topological polar surface area (TPSA) is 70.7 Å². The Morgan fingerprint density at radius 3 is 2.50 bits per heavy atom. The molecule has 1 unspecified atom stereocenters. The van der Waals surface area contributed by atoms with Gasteiger partial charge < -0.3 is 15.4 Å². The molecule has 0 spiro atoms. The molecule has 1 saturated carbocycles. The number of halogens is 1. The number of ether oxygens (including phenoxy) is 1. The standard InChI is InChI=1S/C19H26FN3O3/c20-16-5-3-15(4-6-16)18(14-1-2-14)19(25)22-13-17(24)21-7-8-23-9-11-26-12-10-23/h3-6,14,18H,1-2,7-13H2,(H,21,24)(H,22,25). The van der Waals surface area contributed by atoms with Crippen LogP contribution in [0, 0.1) is 11.7 Å². The maximum absolute atomic E-state index is 13.1. The van der Waals surface area contributed by atoms with Crippen LogP contribution in [-0.2, 0) is 14.3 Å². The van der Waals surface area contributed by atoms with Crippen LogP contribution < -0.4 is 10.6 Å². The number of rotatable bonds is 8. The maximum Gasteiger partial charge on any atom is 0.239 e. The molecule has 0 bridgehead atoms. The van der Waals surface area contributed by atoms with Gasteiger partial charge in [-0.15, -0.1) is 0 Å². The summed E-state index contributed by atoms with van der Waals surface area (Å²) in [4.78, 5) is 26.7. The molecule has 0 aromatic heterocycles. The van der Waals surface area contributed by atoms with E-state index in [1.54, 1.807) is 12.1 Å². The first-order valence-corrected chi connectivity index (χ1v) is 9.23. The fourth-order valence-corrected chi connectivity index (χ4v) is 3.26. The summed E-state index contributed by atoms with van der Waals surface area (Å²) in [6.45, 7) is 4.53. The lowest BCUT2D eigenvalue weighted by atomic mass is 9.93. The van der Waals surface area contributed by atoms with Crippen LogP contribution in [0.4, 0.5) is 4.39 Å². The number of carbonyl (C=O) groups excluding carboxylic acids is 2. The Bertz CT molecular complexity index is 613. The SMILES string of the molecule is O=C(CNC(=O)C(c1ccc(F)cc1)C1CC1)NCCN1CCOCC1. The Kier molecular flexibility index (Phi) is 6.57. The summed E-state index contributed by atoms with van der Waals surface area (Å²) < 4.78 is 18.4. The van der Waals surface area contributed by atoms with Gasteiger partial charge in [0.15, 0.2) is 0 Å². The van der Waals surface area contributed by atoms with E-state index in [1.165, 1.54) is 12.1 Å². The molecular weight excluding hydrogens is 337 g/mol. The molecule has 142 valence electrons. The zero-order valence-electron chi connectivity index (χ0n) is 14.9. The second kappa shape index (κ2) is 9.09. The summed E-state index contributed by atoms with van der Waals surface area (Å²) in [6, 6.07) is 6.05. The van der Waals surface area contributed by atoms with Crippen molar-refractivity contribution in [2.75, 3.05) is 45.9 Å². The van der Waals surface area contributed by atoms with E-state index in [0.29, 0.717) is 6.54 Å². The second-order valence-electron chi connectivity index (χ2n) is 6.89. The van der Waals surface area contributed by atoms with Crippen molar-refractivity contribution in [1.82, 2.24) is 15.5 Å². The van der Waals surface area contributed by atoms with Crippen LogP contribution in [0.3, 0.4) is 0 Å². The zero-order chi connectivity index (χ0) is 18.4. The summed E-state index contributed by atoms with van der Waals surface area (Å²) in [5, 5.41) is 5.56. The summed E-state index contributed by atoms with van der Waals surface area (Å²) in [6.07, 6.45) is 1.97. The zero-order valence-corrected chi connectivity index (χ0v) is 14.9. The van der Waals surface area contributed by atoms with E-state index in [0.717, 1.165) is 51.3 Å². The van der Waals surface area contributed by atoms with Gasteiger partial charge in [-0.3, -0.25) is 14.5 Å². The van der Waals surface area contributed by atoms with Crippen molar-refractivity contribution in [3.8, 4) is 0 Å². The minimum Gasteiger partial charge on any atom is -0.379 e. The molecule has 7 heteroatoms. The van der Waals surface area contributed by atoms with Gasteiger partial charge >= 0.3 is 0 Å². The third kappa shape index (κ3) is 5.51. The highest BCUT2D eigenvalue weighted by molar-refractivity contribution is 5.88. The summed E-state index contributed by atoms with van der Waals surface area (Å²) in [7, 11) is 0. The Morgan fingerprint density at radius 1 is 1.15 bits per heavy atom. The molecule has 1 atom stereocenters. The lowest BCUT2D eigenvalue weighted by molar-refractivity contribution is -0.127. The van der Waals surface area contributed by atoms with Crippen LogP contribution in [0.25, 0.3) is 0 Å². The normalized spacial score (nSPS) is 19.0. The first kappa shape index (κ1) is 18.8. The van der Waals surface area contributed by atoms with Gasteiger partial charge in [0, 0.05) is 26.2 Å². The van der Waals surface area contributed by atoms with Crippen molar-refractivity contribution in [2.24, 2.45) is 5.92 Å². The molecular formula is C19H26FN3O3. The molecule has 6 nitrogen and oxygen atoms in total. The average molecular weight is 363 g/mol. The molecule has 1 aromatic rings. The smallest absolute Gasteiger partial charge is 0.239 e. The van der Waals surface area contributed by atoms with Crippen molar-refractivity contribution in [2.45, 2.75) is 18.8 Å². The van der Waals surface area contributed by atoms with E-state index in [4.69, 9.17) is 4.74 Å². The molecule has 2 fully saturated rings. The lowest BCUT2D eigenvalue weighted by Crippen LogP contribution is -2.44. The van der Waals surface area contributed by atoms with E-state index in [1.807, 2.05) is 0 Å². The molecule has 1 aliphatic heterocycles. The summed E-state index contributed by atoms with van der Waals surface area (Å²) in [5.41, 5.74) is 0.805. The second-order valence-corrected chi connectivity index (χ2v) is 6.89. The van der Waals surface area contributed by atoms with Gasteiger partial charge in [0.2, 0.25) is 11.8 Å². The van der Waals surface area contributed by atoms with Gasteiger partial charge in [-0.05, 0) is 36.5 Å². The largest absolute Gasteiger partial charge is 0.379 e. The molecule has 2 N–H and O–H groups in total. The third-order valence-electron chi connectivity index (χ3n) is 4.88. The number of morpholine rings is 1. The van der Waals surface area contributed by atoms with Crippen molar-refractivity contribution in [3.63, 3.8) is 0 Å². The summed E-state index contributed by atoms with van der Waals surface area (Å²) >= 11 is 0. The molecule has 2 aliphatic rings. The van der Waals surface area contributed by atoms with E-state index < -0.39 is 0 Å². The lowest BCUT2D eigenvalue weighted by Gasteiger charge is -2.26. The van der Waals surface area contributed by atoms with Crippen molar-refractivity contribution in [3.05, 3.63) is 35.6 Å². The average Bonchev–Trinajstić information content (AvgIpc) is 3.48. The quantitative estimate of drug-likeness (QED) is 0.720. The van der Waals surface area contributed by atoms with Crippen LogP contribution in [0.2, 0.25) is 0 Å². The minimum atomic E-state index is -0.316. The van der Waals surface area contributed by atoms with Crippen molar-refractivity contribution < 1.29 is 18.7 Å². The van der Waals surface area contributed by atoms with Gasteiger partial charge in [0.1, 0.15) is 5.82 Å². The molecule has 3 rings (SSSR count). The van der Waals surface area contributed by atoms with Gasteiger partial charge in [0.05, 0.1) is 25.7 Å². The third-order valence-corrected chi connectivity index (χ3v) is 4.88. The van der Waals surface area contributed by atoms with E-state index in [-0.39, 0.29) is 36.0 Å². The number of nitrogens with zero attached hydrogens (tertiary/aromatic N) is 1. The predicted molar refractivity (Wildman–Crippen MR) is 95.1 cm³/mol. The summed E-state index contributed by atoms with van der Waals surface area (Å²) in [5.74, 6) is -0.701. The predicted octanol–water partition coefficient (Wildman–Crippen LogP) is 0.884. The molecule has 26 heavy (non-hydrogen) atoms. The molecule has 1 saturated heterocycles. The first-order chi connectivity index (χ1) is 12.6. The van der Waals surface area contributed by atoms with Crippen molar-refractivity contribution >= 4 is 11.8 Å². The Morgan fingerprint density at radius 2 is 1.85 bits per heavy atom. The van der Waals surface area contributed by atoms with Gasteiger partial charge in [-0.2, -0.15) is 0 Å². The van der Waals surface area contributed by atoms with Crippen molar-refractivity contribution in [1.29, 1.82) is 0 Å². The number of nitrogens with one attached hydrogen (secondary N) is 2. The van der Waals surface area contributed by atoms with Gasteiger partial charge in [-0.25, -0.2) is 4.39 Å². The van der Waals surface area contributed by atoms with Gasteiger partial charge in [0.25, 0.3) is 0 Å². The number of amides is 2. The fraction of sp³-hybridized carbons (Fsp3) is 0.579. The highest BCUT2D eigenvalue weighted by Crippen LogP contribution is 2.42. The van der Waals surface area contributed by atoms with Crippen LogP contribution in [0.1, 0.15) is 24.3 Å². The molecule has 0 radical (unpaired) electrons. The monoisotopic (exact) mass is 363 g/mol. The van der Waals surface area contributed by atoms with E-state index >= 15 is 0 Å².